The van der Waals surface area contributed by atoms with E-state index in [0.29, 0.717) is 12.5 Å². The summed E-state index contributed by atoms with van der Waals surface area (Å²) in [6.07, 6.45) is 0.919. The minimum absolute atomic E-state index is 0.156. The predicted molar refractivity (Wildman–Crippen MR) is 57.7 cm³/mol. The van der Waals surface area contributed by atoms with Crippen LogP contribution in [-0.4, -0.2) is 30.2 Å². The molecule has 0 aliphatic heterocycles. The average molecular weight is 216 g/mol. The molecule has 0 fully saturated rings. The van der Waals surface area contributed by atoms with Crippen LogP contribution in [0.5, 0.6) is 0 Å². The molecule has 3 N–H and O–H groups in total. The van der Waals surface area contributed by atoms with E-state index in [0.717, 1.165) is 6.42 Å². The lowest BCUT2D eigenvalue weighted by molar-refractivity contribution is -0.140. The fourth-order valence-corrected chi connectivity index (χ4v) is 0.870. The Hall–Kier alpha value is -1.26. The largest absolute Gasteiger partial charge is 0.481 e. The Morgan fingerprint density at radius 1 is 1.20 bits per heavy atom. The maximum Gasteiger partial charge on any atom is 0.314 e. The van der Waals surface area contributed by atoms with Crippen LogP contribution in [0, 0.1) is 11.8 Å². The van der Waals surface area contributed by atoms with Crippen molar-refractivity contribution in [2.24, 2.45) is 11.8 Å². The van der Waals surface area contributed by atoms with Crippen molar-refractivity contribution in [1.29, 1.82) is 0 Å². The van der Waals surface area contributed by atoms with E-state index in [2.05, 4.69) is 24.5 Å². The van der Waals surface area contributed by atoms with Crippen LogP contribution in [0.1, 0.15) is 27.2 Å². The van der Waals surface area contributed by atoms with Gasteiger partial charge in [0.05, 0.1) is 5.92 Å². The Labute approximate surface area is 90.2 Å². The third-order valence-corrected chi connectivity index (χ3v) is 2.00. The molecular formula is C10H20N2O3. The van der Waals surface area contributed by atoms with Crippen molar-refractivity contribution >= 4 is 12.0 Å². The highest BCUT2D eigenvalue weighted by molar-refractivity contribution is 5.75. The highest BCUT2D eigenvalue weighted by atomic mass is 16.4. The molecule has 0 aliphatic carbocycles. The second-order valence-electron chi connectivity index (χ2n) is 4.06. The van der Waals surface area contributed by atoms with Crippen LogP contribution in [0.15, 0.2) is 0 Å². The molecule has 5 heteroatoms. The first kappa shape index (κ1) is 13.7. The van der Waals surface area contributed by atoms with Gasteiger partial charge in [-0.3, -0.25) is 4.79 Å². The number of aliphatic carboxylic acids is 1. The fourth-order valence-electron chi connectivity index (χ4n) is 0.870. The number of carbonyl (C=O) groups excluding carboxylic acids is 1. The van der Waals surface area contributed by atoms with Crippen LogP contribution in [0.3, 0.4) is 0 Å². The Bertz CT molecular complexity index is 217. The van der Waals surface area contributed by atoms with Crippen LogP contribution < -0.4 is 10.6 Å². The molecule has 0 bridgehead atoms. The quantitative estimate of drug-likeness (QED) is 0.621. The van der Waals surface area contributed by atoms with E-state index in [1.54, 1.807) is 6.92 Å². The van der Waals surface area contributed by atoms with Gasteiger partial charge < -0.3 is 15.7 Å². The predicted octanol–water partition coefficient (Wildman–Crippen LogP) is 1.05. The zero-order valence-corrected chi connectivity index (χ0v) is 9.54. The molecule has 1 unspecified atom stereocenters. The van der Waals surface area contributed by atoms with E-state index >= 15 is 0 Å². The van der Waals surface area contributed by atoms with Gasteiger partial charge in [-0.2, -0.15) is 0 Å². The monoisotopic (exact) mass is 216 g/mol. The van der Waals surface area contributed by atoms with Gasteiger partial charge in [0.25, 0.3) is 0 Å². The molecule has 0 aromatic heterocycles. The van der Waals surface area contributed by atoms with E-state index in [1.807, 2.05) is 0 Å². The van der Waals surface area contributed by atoms with E-state index in [1.165, 1.54) is 0 Å². The highest BCUT2D eigenvalue weighted by Crippen LogP contribution is 1.96. The molecule has 0 aliphatic rings. The minimum Gasteiger partial charge on any atom is -0.481 e. The fraction of sp³-hybridized carbons (Fsp3) is 0.800. The average Bonchev–Trinajstić information content (AvgIpc) is 2.13. The number of hydrogen-bond donors (Lipinski definition) is 3. The first-order chi connectivity index (χ1) is 6.93. The third-order valence-electron chi connectivity index (χ3n) is 2.00. The Morgan fingerprint density at radius 2 is 1.80 bits per heavy atom. The molecular weight excluding hydrogens is 196 g/mol. The van der Waals surface area contributed by atoms with E-state index in [4.69, 9.17) is 5.11 Å². The molecule has 0 saturated heterocycles. The highest BCUT2D eigenvalue weighted by Gasteiger charge is 2.11. The maximum absolute atomic E-state index is 11.1. The van der Waals surface area contributed by atoms with Crippen molar-refractivity contribution in [3.63, 3.8) is 0 Å². The number of nitrogens with one attached hydrogen (secondary N) is 2. The molecule has 15 heavy (non-hydrogen) atoms. The minimum atomic E-state index is -0.905. The van der Waals surface area contributed by atoms with Crippen LogP contribution in [0.25, 0.3) is 0 Å². The van der Waals surface area contributed by atoms with E-state index in [-0.39, 0.29) is 12.6 Å². The van der Waals surface area contributed by atoms with Gasteiger partial charge in [0.2, 0.25) is 0 Å². The topological polar surface area (TPSA) is 78.4 Å². The maximum atomic E-state index is 11.1. The van der Waals surface area contributed by atoms with Gasteiger partial charge in [0.15, 0.2) is 0 Å². The first-order valence-electron chi connectivity index (χ1n) is 5.18. The van der Waals surface area contributed by atoms with Crippen molar-refractivity contribution in [3.05, 3.63) is 0 Å². The van der Waals surface area contributed by atoms with Gasteiger partial charge in [-0.05, 0) is 12.3 Å². The number of urea groups is 1. The molecule has 88 valence electrons. The van der Waals surface area contributed by atoms with Crippen LogP contribution in [0.2, 0.25) is 0 Å². The van der Waals surface area contributed by atoms with Gasteiger partial charge in [-0.1, -0.05) is 20.8 Å². The van der Waals surface area contributed by atoms with E-state index in [9.17, 15) is 9.59 Å². The summed E-state index contributed by atoms with van der Waals surface area (Å²) in [7, 11) is 0. The lowest BCUT2D eigenvalue weighted by atomic mass is 10.1. The molecule has 0 heterocycles. The van der Waals surface area contributed by atoms with Gasteiger partial charge in [0, 0.05) is 13.1 Å². The summed E-state index contributed by atoms with van der Waals surface area (Å²) in [6.45, 7) is 6.47. The third kappa shape index (κ3) is 7.78. The smallest absolute Gasteiger partial charge is 0.314 e. The second-order valence-corrected chi connectivity index (χ2v) is 4.06. The summed E-state index contributed by atoms with van der Waals surface area (Å²) in [6, 6.07) is -0.302. The Kier molecular flexibility index (Phi) is 6.49. The molecule has 2 amide bonds. The SMILES string of the molecule is CC(C)CCNC(=O)NCC(C)C(=O)O. The summed E-state index contributed by atoms with van der Waals surface area (Å²) in [4.78, 5) is 21.6. The van der Waals surface area contributed by atoms with E-state index < -0.39 is 11.9 Å². The molecule has 0 spiro atoms. The molecule has 0 aromatic carbocycles. The lowest BCUT2D eigenvalue weighted by Crippen LogP contribution is -2.39. The van der Waals surface area contributed by atoms with Crippen molar-refractivity contribution in [1.82, 2.24) is 10.6 Å². The molecule has 0 aromatic rings. The Balaban J connectivity index is 3.53. The number of carbonyl (C=O) groups is 2. The van der Waals surface area contributed by atoms with Gasteiger partial charge in [-0.15, -0.1) is 0 Å². The summed E-state index contributed by atoms with van der Waals surface area (Å²) >= 11 is 0. The van der Waals surface area contributed by atoms with Crippen molar-refractivity contribution in [3.8, 4) is 0 Å². The molecule has 5 nitrogen and oxygen atoms in total. The summed E-state index contributed by atoms with van der Waals surface area (Å²) in [5.41, 5.74) is 0. The van der Waals surface area contributed by atoms with Gasteiger partial charge >= 0.3 is 12.0 Å². The van der Waals surface area contributed by atoms with Crippen molar-refractivity contribution in [2.45, 2.75) is 27.2 Å². The van der Waals surface area contributed by atoms with Crippen LogP contribution >= 0.6 is 0 Å². The van der Waals surface area contributed by atoms with Gasteiger partial charge in [0.1, 0.15) is 0 Å². The number of carboxylic acids is 1. The molecule has 1 atom stereocenters. The molecule has 0 saturated carbocycles. The number of amides is 2. The number of rotatable bonds is 6. The number of carboxylic acid groups (broad SMARTS) is 1. The lowest BCUT2D eigenvalue weighted by Gasteiger charge is -2.10. The Morgan fingerprint density at radius 3 is 2.27 bits per heavy atom. The summed E-state index contributed by atoms with van der Waals surface area (Å²) < 4.78 is 0. The normalized spacial score (nSPS) is 12.3. The summed E-state index contributed by atoms with van der Waals surface area (Å²) in [5.74, 6) is -0.915. The second kappa shape index (κ2) is 7.09. The molecule has 0 rings (SSSR count). The zero-order chi connectivity index (χ0) is 11.8. The van der Waals surface area contributed by atoms with Crippen molar-refractivity contribution in [2.75, 3.05) is 13.1 Å². The molecule has 0 radical (unpaired) electrons. The summed E-state index contributed by atoms with van der Waals surface area (Å²) in [5, 5.41) is 13.7. The van der Waals surface area contributed by atoms with Crippen LogP contribution in [-0.2, 0) is 4.79 Å². The van der Waals surface area contributed by atoms with Crippen LogP contribution in [0.4, 0.5) is 4.79 Å². The first-order valence-corrected chi connectivity index (χ1v) is 5.18. The standard InChI is InChI=1S/C10H20N2O3/c1-7(2)4-5-11-10(15)12-6-8(3)9(13)14/h7-8H,4-6H2,1-3H3,(H,13,14)(H2,11,12,15). The zero-order valence-electron chi connectivity index (χ0n) is 9.54. The van der Waals surface area contributed by atoms with Gasteiger partial charge in [-0.25, -0.2) is 4.79 Å². The van der Waals surface area contributed by atoms with Crippen molar-refractivity contribution < 1.29 is 14.7 Å². The number of hydrogen-bond acceptors (Lipinski definition) is 2.